The van der Waals surface area contributed by atoms with Gasteiger partial charge in [0.15, 0.2) is 0 Å². The van der Waals surface area contributed by atoms with E-state index in [1.807, 2.05) is 0 Å². The van der Waals surface area contributed by atoms with Crippen LogP contribution in [0.25, 0.3) is 0 Å². The van der Waals surface area contributed by atoms with E-state index in [2.05, 4.69) is 5.16 Å². The molecule has 0 unspecified atom stereocenters. The van der Waals surface area contributed by atoms with E-state index in [0.29, 0.717) is 0 Å². The van der Waals surface area contributed by atoms with Crippen LogP contribution in [-0.2, 0) is 0 Å². The van der Waals surface area contributed by atoms with Gasteiger partial charge in [-0.05, 0) is 19.1 Å². The number of nitrogens with zero attached hydrogens (tertiary/aromatic N) is 1. The molecule has 0 aliphatic rings. The van der Waals surface area contributed by atoms with Crippen molar-refractivity contribution in [1.29, 1.82) is 0 Å². The van der Waals surface area contributed by atoms with Gasteiger partial charge in [-0.2, -0.15) is 0 Å². The van der Waals surface area contributed by atoms with Crippen LogP contribution in [-0.4, -0.2) is 11.4 Å². The lowest BCUT2D eigenvalue weighted by Gasteiger charge is -2.00. The third kappa shape index (κ3) is 1.42. The van der Waals surface area contributed by atoms with Crippen molar-refractivity contribution in [3.8, 4) is 0 Å². The molecule has 0 atom stereocenters. The Balaban J connectivity index is 3.26. The standard InChI is InChI=1S/C8H7F2NO/c1-5-7(9)3-2-6(4-11-12)8(5)10/h2-4,12H,1H3/b11-4+. The van der Waals surface area contributed by atoms with Gasteiger partial charge in [-0.1, -0.05) is 5.16 Å². The Labute approximate surface area is 68.1 Å². The zero-order valence-electron chi connectivity index (χ0n) is 6.38. The predicted molar refractivity (Wildman–Crippen MR) is 40.5 cm³/mol. The second-order valence-electron chi connectivity index (χ2n) is 2.32. The second kappa shape index (κ2) is 3.30. The monoisotopic (exact) mass is 171 g/mol. The average molecular weight is 171 g/mol. The van der Waals surface area contributed by atoms with Crippen LogP contribution in [0.4, 0.5) is 8.78 Å². The highest BCUT2D eigenvalue weighted by atomic mass is 19.1. The van der Waals surface area contributed by atoms with Gasteiger partial charge in [0.2, 0.25) is 0 Å². The van der Waals surface area contributed by atoms with Gasteiger partial charge in [0, 0.05) is 11.1 Å². The number of oxime groups is 1. The smallest absolute Gasteiger partial charge is 0.137 e. The van der Waals surface area contributed by atoms with Crippen LogP contribution in [0.2, 0.25) is 0 Å². The predicted octanol–water partition coefficient (Wildman–Crippen LogP) is 2.08. The second-order valence-corrected chi connectivity index (χ2v) is 2.32. The van der Waals surface area contributed by atoms with Crippen molar-refractivity contribution in [1.82, 2.24) is 0 Å². The van der Waals surface area contributed by atoms with Crippen molar-refractivity contribution in [2.45, 2.75) is 6.92 Å². The van der Waals surface area contributed by atoms with Crippen LogP contribution in [0, 0.1) is 18.6 Å². The number of benzene rings is 1. The zero-order chi connectivity index (χ0) is 9.14. The molecule has 4 heteroatoms. The number of hydrogen-bond acceptors (Lipinski definition) is 2. The fourth-order valence-electron chi connectivity index (χ4n) is 0.844. The maximum Gasteiger partial charge on any atom is 0.137 e. The molecule has 0 saturated heterocycles. The molecule has 0 aromatic heterocycles. The molecule has 0 saturated carbocycles. The average Bonchev–Trinajstić information content (AvgIpc) is 2.07. The highest BCUT2D eigenvalue weighted by Gasteiger charge is 2.07. The molecule has 12 heavy (non-hydrogen) atoms. The largest absolute Gasteiger partial charge is 0.411 e. The van der Waals surface area contributed by atoms with E-state index in [9.17, 15) is 8.78 Å². The van der Waals surface area contributed by atoms with E-state index >= 15 is 0 Å². The minimum Gasteiger partial charge on any atom is -0.411 e. The molecular formula is C8H7F2NO. The first-order valence-corrected chi connectivity index (χ1v) is 3.29. The van der Waals surface area contributed by atoms with Gasteiger partial charge >= 0.3 is 0 Å². The summed E-state index contributed by atoms with van der Waals surface area (Å²) >= 11 is 0. The molecule has 0 aliphatic carbocycles. The van der Waals surface area contributed by atoms with E-state index in [1.54, 1.807) is 0 Å². The molecule has 2 nitrogen and oxygen atoms in total. The lowest BCUT2D eigenvalue weighted by Crippen LogP contribution is -1.95. The van der Waals surface area contributed by atoms with Crippen LogP contribution < -0.4 is 0 Å². The molecule has 0 amide bonds. The zero-order valence-corrected chi connectivity index (χ0v) is 6.38. The van der Waals surface area contributed by atoms with E-state index < -0.39 is 11.6 Å². The fraction of sp³-hybridized carbons (Fsp3) is 0.125. The van der Waals surface area contributed by atoms with E-state index in [-0.39, 0.29) is 11.1 Å². The molecule has 1 N–H and O–H groups in total. The van der Waals surface area contributed by atoms with E-state index in [0.717, 1.165) is 12.3 Å². The minimum atomic E-state index is -0.701. The Morgan fingerprint density at radius 1 is 1.42 bits per heavy atom. The molecule has 1 aromatic rings. The van der Waals surface area contributed by atoms with Crippen molar-refractivity contribution in [3.63, 3.8) is 0 Å². The normalized spacial score (nSPS) is 10.9. The van der Waals surface area contributed by atoms with Crippen LogP contribution in [0.15, 0.2) is 17.3 Å². The Bertz CT molecular complexity index is 323. The summed E-state index contributed by atoms with van der Waals surface area (Å²) in [5.74, 6) is -1.31. The van der Waals surface area contributed by atoms with Gasteiger partial charge in [0.1, 0.15) is 11.6 Å². The van der Waals surface area contributed by atoms with Crippen molar-refractivity contribution in [2.75, 3.05) is 0 Å². The van der Waals surface area contributed by atoms with Gasteiger partial charge in [-0.3, -0.25) is 0 Å². The van der Waals surface area contributed by atoms with E-state index in [1.165, 1.54) is 13.0 Å². The summed E-state index contributed by atoms with van der Waals surface area (Å²) < 4.78 is 25.7. The van der Waals surface area contributed by atoms with Crippen molar-refractivity contribution < 1.29 is 14.0 Å². The third-order valence-corrected chi connectivity index (χ3v) is 1.55. The highest BCUT2D eigenvalue weighted by Crippen LogP contribution is 2.13. The van der Waals surface area contributed by atoms with Crippen molar-refractivity contribution in [2.24, 2.45) is 5.16 Å². The molecule has 1 aromatic carbocycles. The van der Waals surface area contributed by atoms with Crippen LogP contribution >= 0.6 is 0 Å². The van der Waals surface area contributed by atoms with Crippen LogP contribution in [0.1, 0.15) is 11.1 Å². The Kier molecular flexibility index (Phi) is 2.38. The molecule has 0 heterocycles. The summed E-state index contributed by atoms with van der Waals surface area (Å²) in [5.41, 5.74) is -0.0104. The maximum absolute atomic E-state index is 13.0. The molecule has 0 bridgehead atoms. The molecule has 64 valence electrons. The Morgan fingerprint density at radius 3 is 2.67 bits per heavy atom. The molecule has 0 radical (unpaired) electrons. The van der Waals surface area contributed by atoms with Crippen molar-refractivity contribution >= 4 is 6.21 Å². The Morgan fingerprint density at radius 2 is 2.08 bits per heavy atom. The number of rotatable bonds is 1. The summed E-state index contributed by atoms with van der Waals surface area (Å²) in [5, 5.41) is 10.8. The fourth-order valence-corrected chi connectivity index (χ4v) is 0.844. The van der Waals surface area contributed by atoms with Crippen LogP contribution in [0.3, 0.4) is 0 Å². The molecular weight excluding hydrogens is 164 g/mol. The SMILES string of the molecule is Cc1c(F)ccc(/C=N/O)c1F. The summed E-state index contributed by atoms with van der Waals surface area (Å²) in [6.45, 7) is 1.32. The summed E-state index contributed by atoms with van der Waals surface area (Å²) in [7, 11) is 0. The Hall–Kier alpha value is -1.45. The van der Waals surface area contributed by atoms with Crippen molar-refractivity contribution in [3.05, 3.63) is 34.9 Å². The first kappa shape index (κ1) is 8.64. The minimum absolute atomic E-state index is 0.0661. The lowest BCUT2D eigenvalue weighted by atomic mass is 10.1. The molecule has 0 aliphatic heterocycles. The molecule has 1 rings (SSSR count). The molecule has 0 fully saturated rings. The lowest BCUT2D eigenvalue weighted by molar-refractivity contribution is 0.321. The third-order valence-electron chi connectivity index (χ3n) is 1.55. The van der Waals surface area contributed by atoms with Gasteiger partial charge < -0.3 is 5.21 Å². The summed E-state index contributed by atoms with van der Waals surface area (Å²) in [4.78, 5) is 0. The van der Waals surface area contributed by atoms with Gasteiger partial charge in [-0.25, -0.2) is 8.78 Å². The topological polar surface area (TPSA) is 32.6 Å². The highest BCUT2D eigenvalue weighted by molar-refractivity contribution is 5.79. The first-order valence-electron chi connectivity index (χ1n) is 3.29. The quantitative estimate of drug-likeness (QED) is 0.391. The maximum atomic E-state index is 13.0. The van der Waals surface area contributed by atoms with Crippen LogP contribution in [0.5, 0.6) is 0 Å². The van der Waals surface area contributed by atoms with Gasteiger partial charge in [0.25, 0.3) is 0 Å². The number of halogens is 2. The first-order chi connectivity index (χ1) is 5.66. The molecule has 0 spiro atoms. The van der Waals surface area contributed by atoms with Gasteiger partial charge in [-0.15, -0.1) is 0 Å². The summed E-state index contributed by atoms with van der Waals surface area (Å²) in [6, 6.07) is 2.33. The van der Waals surface area contributed by atoms with Gasteiger partial charge in [0.05, 0.1) is 6.21 Å². The number of hydrogen-bond donors (Lipinski definition) is 1. The summed E-state index contributed by atoms with van der Waals surface area (Å²) in [6.07, 6.45) is 0.918. The van der Waals surface area contributed by atoms with E-state index in [4.69, 9.17) is 5.21 Å².